The molecule has 1 saturated heterocycles. The zero-order valence-electron chi connectivity index (χ0n) is 16.5. The fourth-order valence-electron chi connectivity index (χ4n) is 4.06. The van der Waals surface area contributed by atoms with Crippen molar-refractivity contribution in [3.05, 3.63) is 65.9 Å². The van der Waals surface area contributed by atoms with Crippen LogP contribution in [0.2, 0.25) is 0 Å². The second kappa shape index (κ2) is 9.18. The Morgan fingerprint density at radius 2 is 2.10 bits per heavy atom. The molecule has 3 heterocycles. The molecule has 6 heteroatoms. The molecule has 0 atom stereocenters. The molecule has 0 radical (unpaired) electrons. The maximum absolute atomic E-state index is 13.5. The fourth-order valence-corrected chi connectivity index (χ4v) is 4.06. The molecule has 0 unspecified atom stereocenters. The van der Waals surface area contributed by atoms with Crippen molar-refractivity contribution in [2.24, 2.45) is 5.92 Å². The molecular formula is C23H27FN4O. The number of amides is 1. The average molecular weight is 394 g/mol. The summed E-state index contributed by atoms with van der Waals surface area (Å²) in [5.41, 5.74) is 2.69. The van der Waals surface area contributed by atoms with E-state index >= 15 is 0 Å². The van der Waals surface area contributed by atoms with Crippen LogP contribution in [-0.2, 0) is 6.42 Å². The molecule has 0 bridgehead atoms. The Bertz CT molecular complexity index is 948. The zero-order chi connectivity index (χ0) is 20.1. The number of aryl methyl sites for hydroxylation is 1. The predicted molar refractivity (Wildman–Crippen MR) is 112 cm³/mol. The van der Waals surface area contributed by atoms with E-state index in [1.807, 2.05) is 23.2 Å². The van der Waals surface area contributed by atoms with Gasteiger partial charge in [0.05, 0.1) is 0 Å². The molecule has 5 nitrogen and oxygen atoms in total. The molecule has 0 aliphatic carbocycles. The van der Waals surface area contributed by atoms with Crippen molar-refractivity contribution in [1.29, 1.82) is 0 Å². The molecule has 0 saturated carbocycles. The Hall–Kier alpha value is -2.73. The standard InChI is InChI=1S/C23H27FN4O/c24-19-6-7-21-20(14-19)18(16-27-21)4-3-10-25-15-17-8-12-28(13-9-17)23(29)22-5-1-2-11-26-22/h1-2,5-7,11,14,16-17,25,27H,3-4,8-10,12-13,15H2. The summed E-state index contributed by atoms with van der Waals surface area (Å²) in [6, 6.07) is 10.3. The lowest BCUT2D eigenvalue weighted by Gasteiger charge is -2.32. The highest BCUT2D eigenvalue weighted by atomic mass is 19.1. The van der Waals surface area contributed by atoms with Crippen molar-refractivity contribution in [1.82, 2.24) is 20.2 Å². The number of piperidine rings is 1. The summed E-state index contributed by atoms with van der Waals surface area (Å²) in [4.78, 5) is 21.7. The average Bonchev–Trinajstić information content (AvgIpc) is 3.16. The highest BCUT2D eigenvalue weighted by molar-refractivity contribution is 5.92. The Kier molecular flexibility index (Phi) is 6.20. The lowest BCUT2D eigenvalue weighted by atomic mass is 9.96. The summed E-state index contributed by atoms with van der Waals surface area (Å²) in [6.45, 7) is 3.51. The Balaban J connectivity index is 1.16. The smallest absolute Gasteiger partial charge is 0.272 e. The number of nitrogens with one attached hydrogen (secondary N) is 2. The molecule has 1 amide bonds. The summed E-state index contributed by atoms with van der Waals surface area (Å²) >= 11 is 0. The molecule has 3 aromatic rings. The van der Waals surface area contributed by atoms with Crippen LogP contribution in [0.15, 0.2) is 48.8 Å². The first kappa shape index (κ1) is 19.6. The van der Waals surface area contributed by atoms with Gasteiger partial charge in [0.25, 0.3) is 5.91 Å². The van der Waals surface area contributed by atoms with Crippen LogP contribution in [0, 0.1) is 11.7 Å². The molecule has 29 heavy (non-hydrogen) atoms. The third kappa shape index (κ3) is 4.82. The van der Waals surface area contributed by atoms with E-state index in [1.54, 1.807) is 24.4 Å². The van der Waals surface area contributed by atoms with Gasteiger partial charge in [-0.05, 0) is 80.6 Å². The number of pyridine rings is 1. The number of hydrogen-bond acceptors (Lipinski definition) is 3. The number of halogens is 1. The van der Waals surface area contributed by atoms with Gasteiger partial charge in [-0.3, -0.25) is 9.78 Å². The van der Waals surface area contributed by atoms with Crippen molar-refractivity contribution < 1.29 is 9.18 Å². The maximum Gasteiger partial charge on any atom is 0.272 e. The number of likely N-dealkylation sites (tertiary alicyclic amines) is 1. The number of H-pyrrole nitrogens is 1. The third-order valence-corrected chi connectivity index (χ3v) is 5.75. The molecule has 2 aromatic heterocycles. The molecule has 4 rings (SSSR count). The van der Waals surface area contributed by atoms with Crippen LogP contribution < -0.4 is 5.32 Å². The van der Waals surface area contributed by atoms with E-state index < -0.39 is 0 Å². The topological polar surface area (TPSA) is 61.0 Å². The molecule has 1 aliphatic heterocycles. The van der Waals surface area contributed by atoms with Gasteiger partial charge in [-0.1, -0.05) is 6.07 Å². The Labute approximate surface area is 170 Å². The highest BCUT2D eigenvalue weighted by Crippen LogP contribution is 2.21. The molecular weight excluding hydrogens is 367 g/mol. The number of benzene rings is 1. The predicted octanol–water partition coefficient (Wildman–Crippen LogP) is 3.78. The van der Waals surface area contributed by atoms with Crippen LogP contribution in [0.1, 0.15) is 35.3 Å². The van der Waals surface area contributed by atoms with Crippen LogP contribution in [-0.4, -0.2) is 47.0 Å². The summed E-state index contributed by atoms with van der Waals surface area (Å²) in [7, 11) is 0. The quantitative estimate of drug-likeness (QED) is 0.600. The van der Waals surface area contributed by atoms with Gasteiger partial charge in [0, 0.05) is 36.4 Å². The number of fused-ring (bicyclic) bond motifs is 1. The van der Waals surface area contributed by atoms with Gasteiger partial charge in [0.2, 0.25) is 0 Å². The number of aromatic amines is 1. The van der Waals surface area contributed by atoms with E-state index in [1.165, 1.54) is 11.6 Å². The van der Waals surface area contributed by atoms with Gasteiger partial charge in [0.1, 0.15) is 11.5 Å². The third-order valence-electron chi connectivity index (χ3n) is 5.75. The number of rotatable bonds is 7. The minimum Gasteiger partial charge on any atom is -0.361 e. The Morgan fingerprint density at radius 1 is 1.24 bits per heavy atom. The van der Waals surface area contributed by atoms with Gasteiger partial charge in [-0.2, -0.15) is 0 Å². The van der Waals surface area contributed by atoms with Gasteiger partial charge >= 0.3 is 0 Å². The number of carbonyl (C=O) groups is 1. The second-order valence-corrected chi connectivity index (χ2v) is 7.76. The first-order chi connectivity index (χ1) is 14.2. The van der Waals surface area contributed by atoms with Crippen molar-refractivity contribution in [2.45, 2.75) is 25.7 Å². The van der Waals surface area contributed by atoms with Crippen LogP contribution >= 0.6 is 0 Å². The first-order valence-electron chi connectivity index (χ1n) is 10.4. The van der Waals surface area contributed by atoms with E-state index in [4.69, 9.17) is 0 Å². The molecule has 152 valence electrons. The molecule has 2 N–H and O–H groups in total. The van der Waals surface area contributed by atoms with Gasteiger partial charge < -0.3 is 15.2 Å². The lowest BCUT2D eigenvalue weighted by molar-refractivity contribution is 0.0684. The van der Waals surface area contributed by atoms with Gasteiger partial charge in [0.15, 0.2) is 0 Å². The summed E-state index contributed by atoms with van der Waals surface area (Å²) in [5.74, 6) is 0.446. The van der Waals surface area contributed by atoms with Crippen molar-refractivity contribution in [3.63, 3.8) is 0 Å². The minimum absolute atomic E-state index is 0.0344. The van der Waals surface area contributed by atoms with Crippen LogP contribution in [0.5, 0.6) is 0 Å². The van der Waals surface area contributed by atoms with Crippen molar-refractivity contribution in [2.75, 3.05) is 26.2 Å². The molecule has 1 aliphatic rings. The molecule has 0 spiro atoms. The summed E-state index contributed by atoms with van der Waals surface area (Å²) in [5, 5.41) is 4.53. The van der Waals surface area contributed by atoms with Gasteiger partial charge in [-0.15, -0.1) is 0 Å². The minimum atomic E-state index is -0.190. The SMILES string of the molecule is O=C(c1ccccn1)N1CCC(CNCCCc2c[nH]c3ccc(F)cc23)CC1. The first-order valence-corrected chi connectivity index (χ1v) is 10.4. The normalized spacial score (nSPS) is 15.1. The maximum atomic E-state index is 13.5. The van der Waals surface area contributed by atoms with E-state index in [2.05, 4.69) is 15.3 Å². The fraction of sp³-hybridized carbons (Fsp3) is 0.391. The van der Waals surface area contributed by atoms with Crippen LogP contribution in [0.3, 0.4) is 0 Å². The summed E-state index contributed by atoms with van der Waals surface area (Å²) in [6.07, 6.45) is 7.63. The number of hydrogen-bond donors (Lipinski definition) is 2. The zero-order valence-corrected chi connectivity index (χ0v) is 16.5. The monoisotopic (exact) mass is 394 g/mol. The van der Waals surface area contributed by atoms with Crippen molar-refractivity contribution in [3.8, 4) is 0 Å². The van der Waals surface area contributed by atoms with Crippen LogP contribution in [0.25, 0.3) is 10.9 Å². The second-order valence-electron chi connectivity index (χ2n) is 7.76. The van der Waals surface area contributed by atoms with E-state index in [0.717, 1.165) is 62.8 Å². The number of aromatic nitrogens is 2. The van der Waals surface area contributed by atoms with E-state index in [-0.39, 0.29) is 11.7 Å². The Morgan fingerprint density at radius 3 is 2.90 bits per heavy atom. The highest BCUT2D eigenvalue weighted by Gasteiger charge is 2.23. The van der Waals surface area contributed by atoms with Gasteiger partial charge in [-0.25, -0.2) is 4.39 Å². The van der Waals surface area contributed by atoms with E-state index in [9.17, 15) is 9.18 Å². The summed E-state index contributed by atoms with van der Waals surface area (Å²) < 4.78 is 13.5. The van der Waals surface area contributed by atoms with Crippen molar-refractivity contribution >= 4 is 16.8 Å². The van der Waals surface area contributed by atoms with Crippen LogP contribution in [0.4, 0.5) is 4.39 Å². The number of carbonyl (C=O) groups excluding carboxylic acids is 1. The molecule has 1 fully saturated rings. The lowest BCUT2D eigenvalue weighted by Crippen LogP contribution is -2.41. The number of nitrogens with zero attached hydrogens (tertiary/aromatic N) is 2. The van der Waals surface area contributed by atoms with E-state index in [0.29, 0.717) is 11.6 Å². The molecule has 1 aromatic carbocycles. The largest absolute Gasteiger partial charge is 0.361 e.